The van der Waals surface area contributed by atoms with Crippen molar-refractivity contribution in [2.75, 3.05) is 6.54 Å². The molecule has 0 spiro atoms. The predicted octanol–water partition coefficient (Wildman–Crippen LogP) is 4.86. The van der Waals surface area contributed by atoms with Crippen molar-refractivity contribution in [3.63, 3.8) is 0 Å². The van der Waals surface area contributed by atoms with Crippen LogP contribution in [0.4, 0.5) is 0 Å². The van der Waals surface area contributed by atoms with E-state index in [4.69, 9.17) is 4.42 Å². The maximum absolute atomic E-state index is 13.2. The van der Waals surface area contributed by atoms with Crippen molar-refractivity contribution in [1.82, 2.24) is 9.88 Å². The molecule has 128 valence electrons. The van der Waals surface area contributed by atoms with E-state index in [-0.39, 0.29) is 17.9 Å². The van der Waals surface area contributed by atoms with E-state index >= 15 is 0 Å². The lowest BCUT2D eigenvalue weighted by Gasteiger charge is -2.30. The van der Waals surface area contributed by atoms with Crippen LogP contribution < -0.4 is 0 Å². The highest BCUT2D eigenvalue weighted by molar-refractivity contribution is 5.93. The van der Waals surface area contributed by atoms with Crippen molar-refractivity contribution in [3.8, 4) is 0 Å². The highest BCUT2D eigenvalue weighted by Crippen LogP contribution is 2.32. The maximum atomic E-state index is 13.2. The number of aryl methyl sites for hydroxylation is 1. The van der Waals surface area contributed by atoms with E-state index in [2.05, 4.69) is 36.2 Å². The number of carbonyl (C=O) groups is 1. The lowest BCUT2D eigenvalue weighted by Crippen LogP contribution is -2.35. The number of oxazole rings is 1. The summed E-state index contributed by atoms with van der Waals surface area (Å²) >= 11 is 0. The molecule has 3 rings (SSSR count). The highest BCUT2D eigenvalue weighted by Gasteiger charge is 2.31. The first-order chi connectivity index (χ1) is 11.6. The highest BCUT2D eigenvalue weighted by atomic mass is 16.3. The summed E-state index contributed by atoms with van der Waals surface area (Å²) in [6.45, 7) is 6.93. The molecule has 24 heavy (non-hydrogen) atoms. The van der Waals surface area contributed by atoms with Gasteiger partial charge in [-0.2, -0.15) is 0 Å². The third-order valence-corrected chi connectivity index (χ3v) is 4.76. The van der Waals surface area contributed by atoms with Gasteiger partial charge in [0.1, 0.15) is 5.76 Å². The number of benzene rings is 1. The Morgan fingerprint density at radius 1 is 1.29 bits per heavy atom. The Labute approximate surface area is 143 Å². The molecule has 1 aliphatic heterocycles. The van der Waals surface area contributed by atoms with E-state index in [0.29, 0.717) is 11.5 Å². The van der Waals surface area contributed by atoms with Crippen molar-refractivity contribution in [3.05, 3.63) is 53.2 Å². The van der Waals surface area contributed by atoms with E-state index < -0.39 is 0 Å². The topological polar surface area (TPSA) is 46.3 Å². The molecule has 1 atom stereocenters. The fourth-order valence-corrected chi connectivity index (χ4v) is 3.54. The van der Waals surface area contributed by atoms with E-state index in [1.807, 2.05) is 18.7 Å². The SMILES string of the molecule is Cc1cccc(C2CCCCCN2C(=O)c2ncoc2C(C)C)c1. The van der Waals surface area contributed by atoms with Gasteiger partial charge in [-0.15, -0.1) is 0 Å². The lowest BCUT2D eigenvalue weighted by atomic mass is 9.98. The summed E-state index contributed by atoms with van der Waals surface area (Å²) < 4.78 is 5.47. The molecule has 0 N–H and O–H groups in total. The van der Waals surface area contributed by atoms with Crippen LogP contribution in [-0.4, -0.2) is 22.3 Å². The van der Waals surface area contributed by atoms with Gasteiger partial charge >= 0.3 is 0 Å². The molecule has 2 heterocycles. The van der Waals surface area contributed by atoms with Crippen LogP contribution in [0.25, 0.3) is 0 Å². The molecule has 2 aromatic rings. The van der Waals surface area contributed by atoms with Crippen LogP contribution in [0.15, 0.2) is 35.1 Å². The summed E-state index contributed by atoms with van der Waals surface area (Å²) in [7, 11) is 0. The third kappa shape index (κ3) is 3.37. The largest absolute Gasteiger partial charge is 0.447 e. The fourth-order valence-electron chi connectivity index (χ4n) is 3.54. The number of likely N-dealkylation sites (tertiary alicyclic amines) is 1. The molecule has 1 amide bonds. The van der Waals surface area contributed by atoms with E-state index in [0.717, 1.165) is 25.8 Å². The Hall–Kier alpha value is -2.10. The predicted molar refractivity (Wildman–Crippen MR) is 94.0 cm³/mol. The smallest absolute Gasteiger partial charge is 0.276 e. The molecule has 1 fully saturated rings. The van der Waals surface area contributed by atoms with E-state index in [1.54, 1.807) is 0 Å². The van der Waals surface area contributed by atoms with Crippen LogP contribution in [0, 0.1) is 6.92 Å². The van der Waals surface area contributed by atoms with Gasteiger partial charge in [-0.25, -0.2) is 4.98 Å². The van der Waals surface area contributed by atoms with Gasteiger partial charge in [0, 0.05) is 12.5 Å². The number of carbonyl (C=O) groups excluding carboxylic acids is 1. The molecule has 1 saturated heterocycles. The van der Waals surface area contributed by atoms with Crippen molar-refractivity contribution in [2.24, 2.45) is 0 Å². The zero-order valence-corrected chi connectivity index (χ0v) is 14.8. The Morgan fingerprint density at radius 2 is 2.12 bits per heavy atom. The average molecular weight is 326 g/mol. The number of nitrogens with zero attached hydrogens (tertiary/aromatic N) is 2. The normalized spacial score (nSPS) is 18.7. The molecule has 4 heteroatoms. The molecule has 0 saturated carbocycles. The van der Waals surface area contributed by atoms with Gasteiger partial charge in [-0.1, -0.05) is 56.5 Å². The van der Waals surface area contributed by atoms with Crippen LogP contribution in [0.2, 0.25) is 0 Å². The van der Waals surface area contributed by atoms with Crippen molar-refractivity contribution in [2.45, 2.75) is 58.4 Å². The molecule has 0 radical (unpaired) electrons. The second-order valence-corrected chi connectivity index (χ2v) is 7.00. The van der Waals surface area contributed by atoms with Crippen LogP contribution in [0.5, 0.6) is 0 Å². The lowest BCUT2D eigenvalue weighted by molar-refractivity contribution is 0.0672. The Morgan fingerprint density at radius 3 is 2.88 bits per heavy atom. The quantitative estimate of drug-likeness (QED) is 0.809. The summed E-state index contributed by atoms with van der Waals surface area (Å²) in [4.78, 5) is 19.4. The van der Waals surface area contributed by atoms with Gasteiger partial charge in [0.05, 0.1) is 6.04 Å². The minimum Gasteiger partial charge on any atom is -0.447 e. The zero-order chi connectivity index (χ0) is 17.1. The summed E-state index contributed by atoms with van der Waals surface area (Å²) in [5, 5.41) is 0. The summed E-state index contributed by atoms with van der Waals surface area (Å²) in [5.41, 5.74) is 2.93. The first-order valence-corrected chi connectivity index (χ1v) is 8.89. The second-order valence-electron chi connectivity index (χ2n) is 7.00. The molecule has 1 aromatic carbocycles. The van der Waals surface area contributed by atoms with Gasteiger partial charge < -0.3 is 9.32 Å². The minimum atomic E-state index is 0.000793. The standard InChI is InChI=1S/C20H26N2O2/c1-14(2)19-18(21-13-24-19)20(23)22-11-6-4-5-10-17(22)16-9-7-8-15(3)12-16/h7-9,12-14,17H,4-6,10-11H2,1-3H3. The number of aromatic nitrogens is 1. The maximum Gasteiger partial charge on any atom is 0.276 e. The first-order valence-electron chi connectivity index (χ1n) is 8.89. The monoisotopic (exact) mass is 326 g/mol. The molecule has 4 nitrogen and oxygen atoms in total. The van der Waals surface area contributed by atoms with Crippen molar-refractivity contribution >= 4 is 5.91 Å². The van der Waals surface area contributed by atoms with Gasteiger partial charge in [0.15, 0.2) is 12.1 Å². The zero-order valence-electron chi connectivity index (χ0n) is 14.8. The molecule has 0 bridgehead atoms. The summed E-state index contributed by atoms with van der Waals surface area (Å²) in [6, 6.07) is 8.63. The van der Waals surface area contributed by atoms with E-state index in [9.17, 15) is 4.79 Å². The van der Waals surface area contributed by atoms with Crippen LogP contribution in [0.1, 0.15) is 78.9 Å². The van der Waals surface area contributed by atoms with Crippen molar-refractivity contribution in [1.29, 1.82) is 0 Å². The van der Waals surface area contributed by atoms with Crippen LogP contribution >= 0.6 is 0 Å². The van der Waals surface area contributed by atoms with E-state index in [1.165, 1.54) is 23.9 Å². The number of amides is 1. The summed E-state index contributed by atoms with van der Waals surface area (Å²) in [5.74, 6) is 0.837. The Balaban J connectivity index is 1.95. The Bertz CT molecular complexity index is 705. The molecule has 1 unspecified atom stereocenters. The van der Waals surface area contributed by atoms with Gasteiger partial charge in [0.2, 0.25) is 0 Å². The average Bonchev–Trinajstić information content (AvgIpc) is 2.92. The van der Waals surface area contributed by atoms with Crippen LogP contribution in [0.3, 0.4) is 0 Å². The molecular weight excluding hydrogens is 300 g/mol. The summed E-state index contributed by atoms with van der Waals surface area (Å²) in [6.07, 6.45) is 5.76. The van der Waals surface area contributed by atoms with Crippen LogP contribution in [-0.2, 0) is 0 Å². The van der Waals surface area contributed by atoms with Gasteiger partial charge in [-0.05, 0) is 25.3 Å². The number of hydrogen-bond acceptors (Lipinski definition) is 3. The molecular formula is C20H26N2O2. The first kappa shape index (κ1) is 16.7. The number of rotatable bonds is 3. The fraction of sp³-hybridized carbons (Fsp3) is 0.500. The molecule has 1 aliphatic rings. The van der Waals surface area contributed by atoms with Gasteiger partial charge in [0.25, 0.3) is 5.91 Å². The number of hydrogen-bond donors (Lipinski definition) is 0. The molecule has 1 aromatic heterocycles. The van der Waals surface area contributed by atoms with Gasteiger partial charge in [-0.3, -0.25) is 4.79 Å². The van der Waals surface area contributed by atoms with Crippen molar-refractivity contribution < 1.29 is 9.21 Å². The minimum absolute atomic E-state index is 0.000793. The second kappa shape index (κ2) is 7.20. The third-order valence-electron chi connectivity index (χ3n) is 4.76. The molecule has 0 aliphatic carbocycles. The Kier molecular flexibility index (Phi) is 5.03.